The standard InChI is InChI=1S/C19H22ClN3OS/c1-11-6-15(19-13(4-5-24)9-18(20)25-19)8-16(22-11)12-2-3-14-10-21-23-17(14)7-12/h2-3,7,9-11,15-16,22,24H,4-6,8H2,1H3,(H,21,23). The minimum atomic E-state index is 0.167. The van der Waals surface area contributed by atoms with Gasteiger partial charge in [0, 0.05) is 29.0 Å². The third-order valence-electron chi connectivity index (χ3n) is 5.08. The lowest BCUT2D eigenvalue weighted by Crippen LogP contribution is -2.37. The highest BCUT2D eigenvalue weighted by Crippen LogP contribution is 2.42. The minimum Gasteiger partial charge on any atom is -0.396 e. The summed E-state index contributed by atoms with van der Waals surface area (Å²) in [6, 6.07) is 9.29. The summed E-state index contributed by atoms with van der Waals surface area (Å²) >= 11 is 7.95. The van der Waals surface area contributed by atoms with Crippen molar-refractivity contribution in [1.29, 1.82) is 0 Å². The Morgan fingerprint density at radius 2 is 2.20 bits per heavy atom. The van der Waals surface area contributed by atoms with Gasteiger partial charge in [0.25, 0.3) is 0 Å². The van der Waals surface area contributed by atoms with Gasteiger partial charge in [-0.2, -0.15) is 5.10 Å². The number of aromatic nitrogens is 2. The minimum absolute atomic E-state index is 0.167. The smallest absolute Gasteiger partial charge is 0.0934 e. The van der Waals surface area contributed by atoms with Crippen LogP contribution < -0.4 is 5.32 Å². The predicted octanol–water partition coefficient (Wildman–Crippen LogP) is 4.41. The zero-order valence-electron chi connectivity index (χ0n) is 14.1. The molecular formula is C19H22ClN3OS. The number of hydrogen-bond acceptors (Lipinski definition) is 4. The predicted molar refractivity (Wildman–Crippen MR) is 104 cm³/mol. The third-order valence-corrected chi connectivity index (χ3v) is 6.54. The average molecular weight is 376 g/mol. The van der Waals surface area contributed by atoms with E-state index >= 15 is 0 Å². The first-order chi connectivity index (χ1) is 12.1. The van der Waals surface area contributed by atoms with E-state index in [9.17, 15) is 5.11 Å². The van der Waals surface area contributed by atoms with Gasteiger partial charge in [-0.3, -0.25) is 5.10 Å². The van der Waals surface area contributed by atoms with E-state index in [4.69, 9.17) is 11.6 Å². The number of hydrogen-bond donors (Lipinski definition) is 3. The molecule has 1 aliphatic rings. The summed E-state index contributed by atoms with van der Waals surface area (Å²) in [5.74, 6) is 0.470. The van der Waals surface area contributed by atoms with Crippen LogP contribution in [0.5, 0.6) is 0 Å². The van der Waals surface area contributed by atoms with Crippen molar-refractivity contribution >= 4 is 33.8 Å². The van der Waals surface area contributed by atoms with Gasteiger partial charge in [0.05, 0.1) is 16.0 Å². The first-order valence-electron chi connectivity index (χ1n) is 8.72. The molecule has 1 fully saturated rings. The highest BCUT2D eigenvalue weighted by Gasteiger charge is 2.30. The number of aliphatic hydroxyl groups excluding tert-OH is 1. The summed E-state index contributed by atoms with van der Waals surface area (Å²) < 4.78 is 0.820. The highest BCUT2D eigenvalue weighted by molar-refractivity contribution is 7.16. The van der Waals surface area contributed by atoms with Gasteiger partial charge in [0.1, 0.15) is 0 Å². The molecule has 0 radical (unpaired) electrons. The molecule has 4 rings (SSSR count). The number of aliphatic hydroxyl groups is 1. The number of aromatic amines is 1. The average Bonchev–Trinajstić information content (AvgIpc) is 3.20. The number of thiophene rings is 1. The Kier molecular flexibility index (Phi) is 4.82. The number of nitrogens with zero attached hydrogens (tertiary/aromatic N) is 1. The van der Waals surface area contributed by atoms with Crippen molar-refractivity contribution < 1.29 is 5.11 Å². The van der Waals surface area contributed by atoms with Crippen LogP contribution >= 0.6 is 22.9 Å². The molecule has 0 amide bonds. The van der Waals surface area contributed by atoms with Crippen LogP contribution in [0.1, 0.15) is 47.7 Å². The fraction of sp³-hybridized carbons (Fsp3) is 0.421. The van der Waals surface area contributed by atoms with E-state index in [1.807, 2.05) is 12.3 Å². The summed E-state index contributed by atoms with van der Waals surface area (Å²) in [7, 11) is 0. The number of H-pyrrole nitrogens is 1. The van der Waals surface area contributed by atoms with Crippen molar-refractivity contribution in [2.24, 2.45) is 0 Å². The molecule has 3 aromatic rings. The molecule has 0 saturated carbocycles. The molecule has 0 bridgehead atoms. The Morgan fingerprint density at radius 1 is 1.32 bits per heavy atom. The van der Waals surface area contributed by atoms with Crippen molar-refractivity contribution in [3.63, 3.8) is 0 Å². The molecule has 2 aromatic heterocycles. The Morgan fingerprint density at radius 3 is 3.04 bits per heavy atom. The number of rotatable bonds is 4. The molecule has 1 aromatic carbocycles. The Labute approximate surface area is 156 Å². The lowest BCUT2D eigenvalue weighted by Gasteiger charge is -2.35. The molecule has 3 atom stereocenters. The van der Waals surface area contributed by atoms with Gasteiger partial charge >= 0.3 is 0 Å². The van der Waals surface area contributed by atoms with Gasteiger partial charge in [-0.25, -0.2) is 0 Å². The van der Waals surface area contributed by atoms with Gasteiger partial charge in [-0.05, 0) is 55.4 Å². The monoisotopic (exact) mass is 375 g/mol. The van der Waals surface area contributed by atoms with Crippen molar-refractivity contribution in [1.82, 2.24) is 15.5 Å². The van der Waals surface area contributed by atoms with Gasteiger partial charge < -0.3 is 10.4 Å². The van der Waals surface area contributed by atoms with E-state index in [0.29, 0.717) is 24.4 Å². The maximum atomic E-state index is 9.35. The highest BCUT2D eigenvalue weighted by atomic mass is 35.5. The number of halogens is 1. The number of fused-ring (bicyclic) bond motifs is 1. The number of piperidine rings is 1. The SMILES string of the molecule is CC1CC(c2sc(Cl)cc2CCO)CC(c2ccc3cn[nH]c3c2)N1. The molecular weight excluding hydrogens is 354 g/mol. The zero-order valence-corrected chi connectivity index (χ0v) is 15.7. The van der Waals surface area contributed by atoms with E-state index in [2.05, 4.69) is 40.6 Å². The van der Waals surface area contributed by atoms with E-state index in [0.717, 1.165) is 28.1 Å². The molecule has 3 unspecified atom stereocenters. The molecule has 1 saturated heterocycles. The lowest BCUT2D eigenvalue weighted by molar-refractivity contribution is 0.294. The van der Waals surface area contributed by atoms with Crippen LogP contribution in [0.2, 0.25) is 4.34 Å². The summed E-state index contributed by atoms with van der Waals surface area (Å²) in [5, 5.41) is 21.4. The quantitative estimate of drug-likeness (QED) is 0.633. The zero-order chi connectivity index (χ0) is 17.4. The van der Waals surface area contributed by atoms with Crippen LogP contribution in [0.3, 0.4) is 0 Å². The van der Waals surface area contributed by atoms with E-state index < -0.39 is 0 Å². The second-order valence-corrected chi connectivity index (χ2v) is 8.63. The summed E-state index contributed by atoms with van der Waals surface area (Å²) in [6.07, 6.45) is 4.67. The largest absolute Gasteiger partial charge is 0.396 e. The summed E-state index contributed by atoms with van der Waals surface area (Å²) in [6.45, 7) is 2.41. The van der Waals surface area contributed by atoms with Crippen molar-refractivity contribution in [3.8, 4) is 0 Å². The van der Waals surface area contributed by atoms with Crippen LogP contribution in [0, 0.1) is 0 Å². The molecule has 0 spiro atoms. The first kappa shape index (κ1) is 17.0. The Bertz CT molecular complexity index is 875. The van der Waals surface area contributed by atoms with Crippen LogP contribution in [0.4, 0.5) is 0 Å². The van der Waals surface area contributed by atoms with Gasteiger partial charge in [-0.15, -0.1) is 11.3 Å². The van der Waals surface area contributed by atoms with Gasteiger partial charge in [-0.1, -0.05) is 23.7 Å². The summed E-state index contributed by atoms with van der Waals surface area (Å²) in [4.78, 5) is 1.35. The van der Waals surface area contributed by atoms with E-state index in [-0.39, 0.29) is 6.61 Å². The fourth-order valence-electron chi connectivity index (χ4n) is 3.97. The van der Waals surface area contributed by atoms with E-state index in [1.54, 1.807) is 11.3 Å². The second kappa shape index (κ2) is 7.08. The molecule has 3 heterocycles. The molecule has 6 heteroatoms. The van der Waals surface area contributed by atoms with Crippen LogP contribution in [0.25, 0.3) is 10.9 Å². The molecule has 0 aliphatic carbocycles. The Balaban J connectivity index is 1.63. The number of benzene rings is 1. The summed E-state index contributed by atoms with van der Waals surface area (Å²) in [5.41, 5.74) is 3.58. The topological polar surface area (TPSA) is 60.9 Å². The maximum Gasteiger partial charge on any atom is 0.0934 e. The lowest BCUT2D eigenvalue weighted by atomic mass is 9.83. The molecule has 1 aliphatic heterocycles. The Hall–Kier alpha value is -1.40. The van der Waals surface area contributed by atoms with Crippen LogP contribution in [-0.4, -0.2) is 28.0 Å². The maximum absolute atomic E-state index is 9.35. The number of nitrogens with one attached hydrogen (secondary N) is 2. The first-order valence-corrected chi connectivity index (χ1v) is 9.91. The van der Waals surface area contributed by atoms with Crippen LogP contribution in [0.15, 0.2) is 30.5 Å². The van der Waals surface area contributed by atoms with Crippen LogP contribution in [-0.2, 0) is 6.42 Å². The third kappa shape index (κ3) is 3.47. The van der Waals surface area contributed by atoms with Crippen molar-refractivity contribution in [3.05, 3.63) is 50.8 Å². The fourth-order valence-corrected chi connectivity index (χ4v) is 5.42. The molecule has 3 N–H and O–H groups in total. The molecule has 132 valence electrons. The van der Waals surface area contributed by atoms with Gasteiger partial charge in [0.15, 0.2) is 0 Å². The van der Waals surface area contributed by atoms with Crippen molar-refractivity contribution in [2.75, 3.05) is 6.61 Å². The van der Waals surface area contributed by atoms with E-state index in [1.165, 1.54) is 16.0 Å². The van der Waals surface area contributed by atoms with Crippen molar-refractivity contribution in [2.45, 2.75) is 44.2 Å². The molecule has 4 nitrogen and oxygen atoms in total. The second-order valence-electron chi connectivity index (χ2n) is 6.92. The normalized spacial score (nSPS) is 24.0. The molecule has 25 heavy (non-hydrogen) atoms. The van der Waals surface area contributed by atoms with Gasteiger partial charge in [0.2, 0.25) is 0 Å².